The van der Waals surface area contributed by atoms with E-state index >= 15 is 0 Å². The SMILES string of the molecule is Cc1ccc(C(=O)N(CCCN)C(c2nc3c(c(=O)n2Cc2ccccc2)OC2C=C(Cl)C=CC32)C(C)C)cc1. The van der Waals surface area contributed by atoms with E-state index in [9.17, 15) is 9.59 Å². The van der Waals surface area contributed by atoms with Crippen molar-refractivity contribution >= 4 is 17.5 Å². The van der Waals surface area contributed by atoms with Gasteiger partial charge in [0.15, 0.2) is 0 Å². The van der Waals surface area contributed by atoms with Crippen molar-refractivity contribution in [3.8, 4) is 5.75 Å². The summed E-state index contributed by atoms with van der Waals surface area (Å²) < 4.78 is 7.80. The quantitative estimate of drug-likeness (QED) is 0.383. The number of ether oxygens (including phenoxy) is 1. The van der Waals surface area contributed by atoms with Crippen LogP contribution in [0.1, 0.15) is 65.2 Å². The van der Waals surface area contributed by atoms with Crippen molar-refractivity contribution in [2.45, 2.75) is 51.8 Å². The third-order valence-electron chi connectivity index (χ3n) is 7.47. The molecular weight excluding hydrogens is 524 g/mol. The number of nitrogens with two attached hydrogens (primary N) is 1. The zero-order valence-electron chi connectivity index (χ0n) is 23.1. The van der Waals surface area contributed by atoms with Crippen LogP contribution in [0, 0.1) is 12.8 Å². The van der Waals surface area contributed by atoms with E-state index in [4.69, 9.17) is 27.1 Å². The first kappa shape index (κ1) is 27.9. The van der Waals surface area contributed by atoms with Gasteiger partial charge in [0, 0.05) is 17.1 Å². The van der Waals surface area contributed by atoms with Crippen molar-refractivity contribution in [1.29, 1.82) is 0 Å². The van der Waals surface area contributed by atoms with Crippen molar-refractivity contribution in [1.82, 2.24) is 14.5 Å². The monoisotopic (exact) mass is 558 g/mol. The molecule has 0 saturated carbocycles. The lowest BCUT2D eigenvalue weighted by Gasteiger charge is -2.35. The highest BCUT2D eigenvalue weighted by Crippen LogP contribution is 2.41. The van der Waals surface area contributed by atoms with Gasteiger partial charge in [-0.25, -0.2) is 4.98 Å². The Bertz CT molecular complexity index is 1500. The second-order valence-electron chi connectivity index (χ2n) is 10.8. The number of fused-ring (bicyclic) bond motifs is 3. The van der Waals surface area contributed by atoms with Gasteiger partial charge in [0.25, 0.3) is 11.5 Å². The minimum Gasteiger partial charge on any atom is -0.478 e. The molecule has 208 valence electrons. The van der Waals surface area contributed by atoms with E-state index in [1.54, 1.807) is 4.57 Å². The van der Waals surface area contributed by atoms with Crippen LogP contribution in [0.15, 0.2) is 82.7 Å². The number of carbonyl (C=O) groups excluding carboxylic acids is 1. The molecule has 0 spiro atoms. The number of hydrogen-bond donors (Lipinski definition) is 1. The molecule has 7 nitrogen and oxygen atoms in total. The van der Waals surface area contributed by atoms with Crippen LogP contribution >= 0.6 is 11.6 Å². The maximum Gasteiger partial charge on any atom is 0.296 e. The topological polar surface area (TPSA) is 90.5 Å². The van der Waals surface area contributed by atoms with E-state index in [2.05, 4.69) is 13.8 Å². The number of halogens is 1. The molecule has 40 heavy (non-hydrogen) atoms. The second kappa shape index (κ2) is 11.8. The summed E-state index contributed by atoms with van der Waals surface area (Å²) in [4.78, 5) is 35.2. The standard InChI is InChI=1S/C32H35ClN4O3/c1-20(2)28(36(17-7-16-34)31(38)23-12-10-21(3)11-13-23)30-35-27-25-15-14-24(33)18-26(25)40-29(27)32(39)37(30)19-22-8-5-4-6-9-22/h4-6,8-15,18,20,25-26,28H,7,16-17,19,34H2,1-3H3. The van der Waals surface area contributed by atoms with E-state index in [0.29, 0.717) is 48.2 Å². The Labute approximate surface area is 239 Å². The van der Waals surface area contributed by atoms with E-state index in [-0.39, 0.29) is 29.1 Å². The second-order valence-corrected chi connectivity index (χ2v) is 11.2. The first-order valence-corrected chi connectivity index (χ1v) is 14.1. The molecule has 1 aromatic heterocycles. The van der Waals surface area contributed by atoms with Gasteiger partial charge < -0.3 is 15.4 Å². The third-order valence-corrected chi connectivity index (χ3v) is 7.72. The molecule has 1 amide bonds. The van der Waals surface area contributed by atoms with Crippen LogP contribution in [0.2, 0.25) is 0 Å². The zero-order valence-corrected chi connectivity index (χ0v) is 23.8. The number of allylic oxidation sites excluding steroid dienone is 2. The number of aryl methyl sites for hydroxylation is 1. The van der Waals surface area contributed by atoms with Crippen LogP contribution in [0.5, 0.6) is 5.75 Å². The Balaban J connectivity index is 1.68. The molecular formula is C32H35ClN4O3. The fourth-order valence-electron chi connectivity index (χ4n) is 5.45. The molecule has 2 aliphatic rings. The van der Waals surface area contributed by atoms with Crippen LogP contribution in [0.4, 0.5) is 0 Å². The lowest BCUT2D eigenvalue weighted by atomic mass is 9.95. The van der Waals surface area contributed by atoms with Crippen LogP contribution in [0.3, 0.4) is 0 Å². The molecule has 0 saturated heterocycles. The van der Waals surface area contributed by atoms with Gasteiger partial charge in [0.05, 0.1) is 18.5 Å². The van der Waals surface area contributed by atoms with Crippen LogP contribution < -0.4 is 16.0 Å². The maximum absolute atomic E-state index is 14.1. The molecule has 3 aromatic rings. The predicted octanol–water partition coefficient (Wildman–Crippen LogP) is 5.33. The number of benzene rings is 2. The Hall–Kier alpha value is -3.68. The van der Waals surface area contributed by atoms with Crippen molar-refractivity contribution in [3.05, 3.63) is 116 Å². The number of aromatic nitrogens is 2. The van der Waals surface area contributed by atoms with E-state index in [0.717, 1.165) is 11.1 Å². The van der Waals surface area contributed by atoms with Gasteiger partial charge in [-0.2, -0.15) is 0 Å². The van der Waals surface area contributed by atoms with Crippen molar-refractivity contribution in [2.24, 2.45) is 11.7 Å². The normalized spacial score (nSPS) is 18.1. The number of amides is 1. The first-order chi connectivity index (χ1) is 19.3. The van der Waals surface area contributed by atoms with Gasteiger partial charge in [-0.1, -0.05) is 79.6 Å². The number of carbonyl (C=O) groups is 1. The molecule has 0 radical (unpaired) electrons. The lowest BCUT2D eigenvalue weighted by molar-refractivity contribution is 0.0601. The summed E-state index contributed by atoms with van der Waals surface area (Å²) in [5.41, 5.74) is 8.85. The molecule has 2 N–H and O–H groups in total. The van der Waals surface area contributed by atoms with Crippen LogP contribution in [-0.2, 0) is 6.54 Å². The Morgan fingerprint density at radius 2 is 1.88 bits per heavy atom. The minimum atomic E-state index is -0.479. The number of rotatable bonds is 9. The largest absolute Gasteiger partial charge is 0.478 e. The average Bonchev–Trinajstić information content (AvgIpc) is 3.30. The Morgan fingerprint density at radius 3 is 2.55 bits per heavy atom. The molecule has 0 bridgehead atoms. The van der Waals surface area contributed by atoms with Crippen molar-refractivity contribution < 1.29 is 9.53 Å². The highest BCUT2D eigenvalue weighted by atomic mass is 35.5. The molecule has 0 fully saturated rings. The summed E-state index contributed by atoms with van der Waals surface area (Å²) in [6.45, 7) is 7.27. The lowest BCUT2D eigenvalue weighted by Crippen LogP contribution is -2.42. The summed E-state index contributed by atoms with van der Waals surface area (Å²) in [6.07, 6.45) is 5.78. The minimum absolute atomic E-state index is 0.0477. The highest BCUT2D eigenvalue weighted by molar-refractivity contribution is 6.31. The Morgan fingerprint density at radius 1 is 1.15 bits per heavy atom. The summed E-state index contributed by atoms with van der Waals surface area (Å²) in [5.74, 6) is 0.387. The predicted molar refractivity (Wildman–Crippen MR) is 158 cm³/mol. The van der Waals surface area contributed by atoms with E-state index in [1.165, 1.54) is 0 Å². The smallest absolute Gasteiger partial charge is 0.296 e. The van der Waals surface area contributed by atoms with Gasteiger partial charge in [-0.3, -0.25) is 14.2 Å². The average molecular weight is 559 g/mol. The summed E-state index contributed by atoms with van der Waals surface area (Å²) in [6, 6.07) is 16.9. The van der Waals surface area contributed by atoms with Crippen molar-refractivity contribution in [3.63, 3.8) is 0 Å². The molecule has 1 aliphatic heterocycles. The first-order valence-electron chi connectivity index (χ1n) is 13.8. The van der Waals surface area contributed by atoms with Gasteiger partial charge in [-0.05, 0) is 55.7 Å². The Kier molecular flexibility index (Phi) is 8.24. The fraction of sp³-hybridized carbons (Fsp3) is 0.344. The summed E-state index contributed by atoms with van der Waals surface area (Å²) >= 11 is 6.26. The fourth-order valence-corrected chi connectivity index (χ4v) is 5.65. The summed E-state index contributed by atoms with van der Waals surface area (Å²) in [5, 5.41) is 0.565. The molecule has 1 aliphatic carbocycles. The van der Waals surface area contributed by atoms with Crippen molar-refractivity contribution in [2.75, 3.05) is 13.1 Å². The van der Waals surface area contributed by atoms with Gasteiger partial charge in [0.1, 0.15) is 17.6 Å². The molecule has 2 aromatic carbocycles. The number of nitrogens with zero attached hydrogens (tertiary/aromatic N) is 3. The molecule has 3 atom stereocenters. The molecule has 2 heterocycles. The molecule has 5 rings (SSSR count). The maximum atomic E-state index is 14.1. The highest BCUT2D eigenvalue weighted by Gasteiger charge is 2.40. The van der Waals surface area contributed by atoms with E-state index in [1.807, 2.05) is 84.6 Å². The summed E-state index contributed by atoms with van der Waals surface area (Å²) in [7, 11) is 0. The zero-order chi connectivity index (χ0) is 28.4. The van der Waals surface area contributed by atoms with Gasteiger partial charge in [-0.15, -0.1) is 0 Å². The molecule has 8 heteroatoms. The van der Waals surface area contributed by atoms with Crippen LogP contribution in [0.25, 0.3) is 0 Å². The van der Waals surface area contributed by atoms with Crippen LogP contribution in [-0.4, -0.2) is 39.6 Å². The van der Waals surface area contributed by atoms with Gasteiger partial charge >= 0.3 is 0 Å². The third kappa shape index (κ3) is 5.49. The number of hydrogen-bond acceptors (Lipinski definition) is 5. The van der Waals surface area contributed by atoms with Gasteiger partial charge in [0.2, 0.25) is 5.75 Å². The van der Waals surface area contributed by atoms with E-state index < -0.39 is 12.1 Å². The molecule has 3 unspecified atom stereocenters.